The molecule has 0 unspecified atom stereocenters. The molecule has 5 heteroatoms. The van der Waals surface area contributed by atoms with Crippen LogP contribution in [0.2, 0.25) is 0 Å². The van der Waals surface area contributed by atoms with E-state index in [1.807, 2.05) is 31.8 Å². The van der Waals surface area contributed by atoms with Crippen molar-refractivity contribution >= 4 is 0 Å². The van der Waals surface area contributed by atoms with Gasteiger partial charge in [0.05, 0.1) is 0 Å². The standard InChI is InChI=1S/C17H24N4O/c1-3-21(12-14-4-7-18-8-5-14)13-15-6-11-22-16(15)17-19-9-10-20(17)2/h4-5,7-10,15-16H,3,6,11-13H2,1-2H3/t15-,16+/m0/s1. The second kappa shape index (κ2) is 7.03. The van der Waals surface area contributed by atoms with E-state index in [2.05, 4.69) is 38.5 Å². The molecule has 0 spiro atoms. The van der Waals surface area contributed by atoms with Crippen LogP contribution in [0.15, 0.2) is 36.9 Å². The second-order valence-electron chi connectivity index (χ2n) is 5.92. The van der Waals surface area contributed by atoms with Gasteiger partial charge in [-0.15, -0.1) is 0 Å². The number of nitrogens with zero attached hydrogens (tertiary/aromatic N) is 4. The zero-order valence-electron chi connectivity index (χ0n) is 13.4. The van der Waals surface area contributed by atoms with Crippen LogP contribution in [0, 0.1) is 5.92 Å². The van der Waals surface area contributed by atoms with Crippen molar-refractivity contribution in [2.75, 3.05) is 19.7 Å². The molecule has 0 aromatic carbocycles. The van der Waals surface area contributed by atoms with E-state index in [1.165, 1.54) is 5.56 Å². The van der Waals surface area contributed by atoms with E-state index >= 15 is 0 Å². The van der Waals surface area contributed by atoms with Crippen molar-refractivity contribution in [3.8, 4) is 0 Å². The molecule has 0 bridgehead atoms. The summed E-state index contributed by atoms with van der Waals surface area (Å²) in [5, 5.41) is 0. The van der Waals surface area contributed by atoms with Gasteiger partial charge in [-0.2, -0.15) is 0 Å². The Morgan fingerprint density at radius 2 is 2.14 bits per heavy atom. The number of aryl methyl sites for hydroxylation is 1. The summed E-state index contributed by atoms with van der Waals surface area (Å²) >= 11 is 0. The average molecular weight is 300 g/mol. The smallest absolute Gasteiger partial charge is 0.137 e. The largest absolute Gasteiger partial charge is 0.370 e. The number of pyridine rings is 1. The maximum atomic E-state index is 5.97. The quantitative estimate of drug-likeness (QED) is 0.822. The summed E-state index contributed by atoms with van der Waals surface area (Å²) in [5.41, 5.74) is 1.31. The molecule has 1 aliphatic heterocycles. The van der Waals surface area contributed by atoms with Gasteiger partial charge in [0.2, 0.25) is 0 Å². The zero-order valence-corrected chi connectivity index (χ0v) is 13.4. The number of rotatable bonds is 6. The molecule has 2 atom stereocenters. The van der Waals surface area contributed by atoms with Crippen molar-refractivity contribution in [2.24, 2.45) is 13.0 Å². The molecule has 1 fully saturated rings. The van der Waals surface area contributed by atoms with Gasteiger partial charge in [-0.3, -0.25) is 9.88 Å². The van der Waals surface area contributed by atoms with Crippen LogP contribution in [-0.4, -0.2) is 39.1 Å². The third-order valence-corrected chi connectivity index (χ3v) is 4.42. The summed E-state index contributed by atoms with van der Waals surface area (Å²) in [6.45, 7) is 6.08. The van der Waals surface area contributed by atoms with E-state index in [1.54, 1.807) is 0 Å². The summed E-state index contributed by atoms with van der Waals surface area (Å²) in [6.07, 6.45) is 8.78. The fourth-order valence-corrected chi connectivity index (χ4v) is 3.14. The van der Waals surface area contributed by atoms with Gasteiger partial charge < -0.3 is 9.30 Å². The maximum Gasteiger partial charge on any atom is 0.137 e. The van der Waals surface area contributed by atoms with Gasteiger partial charge in [-0.25, -0.2) is 4.98 Å². The third-order valence-electron chi connectivity index (χ3n) is 4.42. The van der Waals surface area contributed by atoms with Gasteiger partial charge in [0.15, 0.2) is 0 Å². The molecule has 0 aliphatic carbocycles. The van der Waals surface area contributed by atoms with Crippen LogP contribution < -0.4 is 0 Å². The minimum absolute atomic E-state index is 0.117. The number of ether oxygens (including phenoxy) is 1. The van der Waals surface area contributed by atoms with Gasteiger partial charge >= 0.3 is 0 Å². The monoisotopic (exact) mass is 300 g/mol. The number of hydrogen-bond donors (Lipinski definition) is 0. The van der Waals surface area contributed by atoms with Crippen molar-refractivity contribution < 1.29 is 4.74 Å². The molecule has 0 amide bonds. The first-order chi connectivity index (χ1) is 10.8. The first-order valence-electron chi connectivity index (χ1n) is 7.98. The highest BCUT2D eigenvalue weighted by Crippen LogP contribution is 2.34. The van der Waals surface area contributed by atoms with Crippen LogP contribution in [-0.2, 0) is 18.3 Å². The van der Waals surface area contributed by atoms with Crippen molar-refractivity contribution in [2.45, 2.75) is 26.0 Å². The van der Waals surface area contributed by atoms with E-state index < -0.39 is 0 Å². The molecular formula is C17H24N4O. The minimum Gasteiger partial charge on any atom is -0.370 e. The molecule has 2 aromatic rings. The molecular weight excluding hydrogens is 276 g/mol. The fourth-order valence-electron chi connectivity index (χ4n) is 3.14. The summed E-state index contributed by atoms with van der Waals surface area (Å²) in [4.78, 5) is 11.0. The van der Waals surface area contributed by atoms with Gasteiger partial charge in [-0.1, -0.05) is 6.92 Å². The van der Waals surface area contributed by atoms with E-state index in [4.69, 9.17) is 4.74 Å². The number of imidazole rings is 1. The Kier molecular flexibility index (Phi) is 4.85. The first kappa shape index (κ1) is 15.2. The van der Waals surface area contributed by atoms with Crippen LogP contribution in [0.5, 0.6) is 0 Å². The van der Waals surface area contributed by atoms with E-state index in [0.29, 0.717) is 5.92 Å². The summed E-state index contributed by atoms with van der Waals surface area (Å²) in [7, 11) is 2.04. The van der Waals surface area contributed by atoms with E-state index in [-0.39, 0.29) is 6.10 Å². The highest BCUT2D eigenvalue weighted by molar-refractivity contribution is 5.09. The number of hydrogen-bond acceptors (Lipinski definition) is 4. The maximum absolute atomic E-state index is 5.97. The summed E-state index contributed by atoms with van der Waals surface area (Å²) in [6, 6.07) is 4.17. The molecule has 0 radical (unpaired) electrons. The van der Waals surface area contributed by atoms with E-state index in [9.17, 15) is 0 Å². The van der Waals surface area contributed by atoms with Crippen molar-refractivity contribution in [1.29, 1.82) is 0 Å². The van der Waals surface area contributed by atoms with Gasteiger partial charge in [0.1, 0.15) is 11.9 Å². The third kappa shape index (κ3) is 3.36. The molecule has 0 N–H and O–H groups in total. The molecule has 1 saturated heterocycles. The van der Waals surface area contributed by atoms with Crippen LogP contribution in [0.4, 0.5) is 0 Å². The topological polar surface area (TPSA) is 43.2 Å². The minimum atomic E-state index is 0.117. The van der Waals surface area contributed by atoms with Gasteiger partial charge in [0.25, 0.3) is 0 Å². The van der Waals surface area contributed by atoms with Gasteiger partial charge in [0, 0.05) is 57.4 Å². The van der Waals surface area contributed by atoms with Crippen molar-refractivity contribution in [3.05, 3.63) is 48.3 Å². The van der Waals surface area contributed by atoms with Crippen LogP contribution in [0.3, 0.4) is 0 Å². The lowest BCUT2D eigenvalue weighted by molar-refractivity contribution is 0.0690. The second-order valence-corrected chi connectivity index (χ2v) is 5.92. The SMILES string of the molecule is CCN(Cc1ccncc1)C[C@@H]1CCO[C@H]1c1nccn1C. The van der Waals surface area contributed by atoms with Crippen LogP contribution >= 0.6 is 0 Å². The van der Waals surface area contributed by atoms with Crippen LogP contribution in [0.25, 0.3) is 0 Å². The van der Waals surface area contributed by atoms with Crippen molar-refractivity contribution in [1.82, 2.24) is 19.4 Å². The predicted octanol–water partition coefficient (Wildman–Crippen LogP) is 2.41. The molecule has 0 saturated carbocycles. The average Bonchev–Trinajstić information content (AvgIpc) is 3.16. The van der Waals surface area contributed by atoms with E-state index in [0.717, 1.165) is 38.5 Å². The lowest BCUT2D eigenvalue weighted by Crippen LogP contribution is -2.31. The summed E-state index contributed by atoms with van der Waals surface area (Å²) in [5.74, 6) is 1.55. The molecule has 3 heterocycles. The fraction of sp³-hybridized carbons (Fsp3) is 0.529. The normalized spacial score (nSPS) is 21.6. The Labute approximate surface area is 131 Å². The summed E-state index contributed by atoms with van der Waals surface area (Å²) < 4.78 is 8.04. The van der Waals surface area contributed by atoms with Crippen molar-refractivity contribution in [3.63, 3.8) is 0 Å². The first-order valence-corrected chi connectivity index (χ1v) is 7.98. The lowest BCUT2D eigenvalue weighted by atomic mass is 9.99. The molecule has 22 heavy (non-hydrogen) atoms. The Hall–Kier alpha value is -1.72. The molecule has 5 nitrogen and oxygen atoms in total. The molecule has 1 aliphatic rings. The Bertz CT molecular complexity index is 583. The Morgan fingerprint density at radius 1 is 1.32 bits per heavy atom. The predicted molar refractivity (Wildman–Crippen MR) is 85.2 cm³/mol. The molecule has 118 valence electrons. The Balaban J connectivity index is 1.66. The molecule has 3 rings (SSSR count). The number of aromatic nitrogens is 3. The lowest BCUT2D eigenvalue weighted by Gasteiger charge is -2.26. The molecule has 2 aromatic heterocycles. The highest BCUT2D eigenvalue weighted by Gasteiger charge is 2.33. The highest BCUT2D eigenvalue weighted by atomic mass is 16.5. The van der Waals surface area contributed by atoms with Crippen LogP contribution in [0.1, 0.15) is 30.8 Å². The zero-order chi connectivity index (χ0) is 15.4. The van der Waals surface area contributed by atoms with Gasteiger partial charge in [-0.05, 0) is 30.7 Å². The Morgan fingerprint density at radius 3 is 2.82 bits per heavy atom.